The molecule has 4 heteroatoms. The minimum atomic E-state index is -0.230. The summed E-state index contributed by atoms with van der Waals surface area (Å²) in [6.07, 6.45) is 0.716. The number of rotatable bonds is 5. The summed E-state index contributed by atoms with van der Waals surface area (Å²) in [5.41, 5.74) is 2.53. The fraction of sp³-hybridized carbons (Fsp3) is 0.158. The van der Waals surface area contributed by atoms with E-state index in [1.54, 1.807) is 13.0 Å². The normalized spacial score (nSPS) is 11.9. The zero-order valence-corrected chi connectivity index (χ0v) is 12.9. The molecule has 3 aromatic rings. The minimum absolute atomic E-state index is 0.122. The SMILES string of the molecule is Cc1cc(C(=O)N[C@H](Cc2ccccc2)c2ccccc2)no1. The Morgan fingerprint density at radius 1 is 1.09 bits per heavy atom. The molecule has 0 unspecified atom stereocenters. The molecule has 0 saturated carbocycles. The zero-order chi connectivity index (χ0) is 16.1. The standard InChI is InChI=1S/C19H18N2O2/c1-14-12-18(21-23-14)19(22)20-17(16-10-6-3-7-11-16)13-15-8-4-2-5-9-15/h2-12,17H,13H2,1H3,(H,20,22)/t17-/m1/s1. The van der Waals surface area contributed by atoms with E-state index in [9.17, 15) is 4.79 Å². The summed E-state index contributed by atoms with van der Waals surface area (Å²) in [5, 5.41) is 6.83. The molecule has 23 heavy (non-hydrogen) atoms. The van der Waals surface area contributed by atoms with Crippen LogP contribution in [0.5, 0.6) is 0 Å². The first-order valence-corrected chi connectivity index (χ1v) is 7.55. The highest BCUT2D eigenvalue weighted by molar-refractivity contribution is 5.92. The van der Waals surface area contributed by atoms with Crippen LogP contribution in [-0.2, 0) is 6.42 Å². The third-order valence-electron chi connectivity index (χ3n) is 3.65. The Hall–Kier alpha value is -2.88. The van der Waals surface area contributed by atoms with E-state index in [4.69, 9.17) is 4.52 Å². The molecule has 1 atom stereocenters. The number of hydrogen-bond donors (Lipinski definition) is 1. The van der Waals surface area contributed by atoms with Crippen LogP contribution in [0.25, 0.3) is 0 Å². The molecule has 4 nitrogen and oxygen atoms in total. The average Bonchev–Trinajstić information content (AvgIpc) is 3.03. The molecule has 0 saturated heterocycles. The van der Waals surface area contributed by atoms with Gasteiger partial charge in [-0.25, -0.2) is 0 Å². The van der Waals surface area contributed by atoms with Gasteiger partial charge in [0, 0.05) is 6.07 Å². The first-order chi connectivity index (χ1) is 11.2. The molecule has 116 valence electrons. The van der Waals surface area contributed by atoms with Gasteiger partial charge in [0.25, 0.3) is 5.91 Å². The summed E-state index contributed by atoms with van der Waals surface area (Å²) < 4.78 is 4.98. The highest BCUT2D eigenvalue weighted by atomic mass is 16.5. The van der Waals surface area contributed by atoms with Crippen LogP contribution in [0, 0.1) is 6.92 Å². The predicted octanol–water partition coefficient (Wildman–Crippen LogP) is 3.70. The molecule has 0 bridgehead atoms. The average molecular weight is 306 g/mol. The number of carbonyl (C=O) groups is 1. The van der Waals surface area contributed by atoms with Crippen LogP contribution in [0.3, 0.4) is 0 Å². The Labute approximate surface area is 135 Å². The van der Waals surface area contributed by atoms with E-state index in [-0.39, 0.29) is 11.9 Å². The van der Waals surface area contributed by atoms with Crippen molar-refractivity contribution in [3.8, 4) is 0 Å². The van der Waals surface area contributed by atoms with Crippen molar-refractivity contribution in [2.24, 2.45) is 0 Å². The van der Waals surface area contributed by atoms with E-state index in [1.807, 2.05) is 48.5 Å². The predicted molar refractivity (Wildman–Crippen MR) is 88.0 cm³/mol. The molecule has 0 aliphatic carbocycles. The van der Waals surface area contributed by atoms with Crippen molar-refractivity contribution in [3.05, 3.63) is 89.3 Å². The van der Waals surface area contributed by atoms with Crippen LogP contribution in [0.1, 0.15) is 33.4 Å². The fourth-order valence-corrected chi connectivity index (χ4v) is 2.49. The second kappa shape index (κ2) is 6.92. The number of aromatic nitrogens is 1. The van der Waals surface area contributed by atoms with Gasteiger partial charge in [-0.2, -0.15) is 0 Å². The van der Waals surface area contributed by atoms with Crippen molar-refractivity contribution in [1.29, 1.82) is 0 Å². The van der Waals surface area contributed by atoms with Gasteiger partial charge >= 0.3 is 0 Å². The molecular weight excluding hydrogens is 288 g/mol. The summed E-state index contributed by atoms with van der Waals surface area (Å²) in [6, 6.07) is 21.6. The highest BCUT2D eigenvalue weighted by Gasteiger charge is 2.18. The van der Waals surface area contributed by atoms with Crippen LogP contribution in [0.4, 0.5) is 0 Å². The molecule has 2 aromatic carbocycles. The molecule has 0 radical (unpaired) electrons. The summed E-state index contributed by atoms with van der Waals surface area (Å²) in [5.74, 6) is 0.390. The summed E-state index contributed by atoms with van der Waals surface area (Å²) >= 11 is 0. The largest absolute Gasteiger partial charge is 0.361 e. The lowest BCUT2D eigenvalue weighted by Gasteiger charge is -2.19. The molecular formula is C19H18N2O2. The van der Waals surface area contributed by atoms with Crippen LogP contribution in [0.15, 0.2) is 71.3 Å². The summed E-state index contributed by atoms with van der Waals surface area (Å²) in [4.78, 5) is 12.4. The van der Waals surface area contributed by atoms with Crippen molar-refractivity contribution in [3.63, 3.8) is 0 Å². The Bertz CT molecular complexity index is 766. The molecule has 1 aromatic heterocycles. The third-order valence-corrected chi connectivity index (χ3v) is 3.65. The van der Waals surface area contributed by atoms with Gasteiger partial charge in [0.2, 0.25) is 0 Å². The van der Waals surface area contributed by atoms with Crippen LogP contribution < -0.4 is 5.32 Å². The monoisotopic (exact) mass is 306 g/mol. The third kappa shape index (κ3) is 3.86. The number of benzene rings is 2. The van der Waals surface area contributed by atoms with E-state index in [0.29, 0.717) is 17.9 Å². The maximum atomic E-state index is 12.4. The first kappa shape index (κ1) is 15.0. The first-order valence-electron chi connectivity index (χ1n) is 7.55. The second-order valence-electron chi connectivity index (χ2n) is 5.45. The van der Waals surface area contributed by atoms with Gasteiger partial charge in [0.1, 0.15) is 5.76 Å². The lowest BCUT2D eigenvalue weighted by Crippen LogP contribution is -2.30. The van der Waals surface area contributed by atoms with Crippen molar-refractivity contribution in [1.82, 2.24) is 10.5 Å². The number of carbonyl (C=O) groups excluding carboxylic acids is 1. The van der Waals surface area contributed by atoms with Gasteiger partial charge in [-0.3, -0.25) is 4.79 Å². The number of nitrogens with zero attached hydrogens (tertiary/aromatic N) is 1. The van der Waals surface area contributed by atoms with Crippen molar-refractivity contribution in [2.75, 3.05) is 0 Å². The van der Waals surface area contributed by atoms with E-state index in [1.165, 1.54) is 0 Å². The number of hydrogen-bond acceptors (Lipinski definition) is 3. The quantitative estimate of drug-likeness (QED) is 0.782. The molecule has 0 aliphatic heterocycles. The van der Waals surface area contributed by atoms with E-state index >= 15 is 0 Å². The molecule has 0 spiro atoms. The van der Waals surface area contributed by atoms with Gasteiger partial charge < -0.3 is 9.84 Å². The van der Waals surface area contributed by atoms with Crippen LogP contribution >= 0.6 is 0 Å². The Morgan fingerprint density at radius 3 is 2.35 bits per heavy atom. The maximum absolute atomic E-state index is 12.4. The molecule has 1 heterocycles. The van der Waals surface area contributed by atoms with Crippen molar-refractivity contribution >= 4 is 5.91 Å². The number of nitrogens with one attached hydrogen (secondary N) is 1. The molecule has 0 fully saturated rings. The van der Waals surface area contributed by atoms with E-state index in [2.05, 4.69) is 22.6 Å². The highest BCUT2D eigenvalue weighted by Crippen LogP contribution is 2.19. The second-order valence-corrected chi connectivity index (χ2v) is 5.45. The lowest BCUT2D eigenvalue weighted by molar-refractivity contribution is 0.0927. The van der Waals surface area contributed by atoms with Gasteiger partial charge in [-0.05, 0) is 24.5 Å². The zero-order valence-electron chi connectivity index (χ0n) is 12.9. The summed E-state index contributed by atoms with van der Waals surface area (Å²) in [7, 11) is 0. The molecule has 1 N–H and O–H groups in total. The fourth-order valence-electron chi connectivity index (χ4n) is 2.49. The molecule has 0 aliphatic rings. The van der Waals surface area contributed by atoms with Gasteiger partial charge in [-0.1, -0.05) is 65.8 Å². The number of amides is 1. The molecule has 3 rings (SSSR count). The lowest BCUT2D eigenvalue weighted by atomic mass is 9.98. The van der Waals surface area contributed by atoms with Gasteiger partial charge in [-0.15, -0.1) is 0 Å². The Morgan fingerprint density at radius 2 is 1.74 bits per heavy atom. The summed E-state index contributed by atoms with van der Waals surface area (Å²) in [6.45, 7) is 1.77. The van der Waals surface area contributed by atoms with Gasteiger partial charge in [0.15, 0.2) is 5.69 Å². The number of aryl methyl sites for hydroxylation is 1. The minimum Gasteiger partial charge on any atom is -0.361 e. The van der Waals surface area contributed by atoms with Crippen molar-refractivity contribution < 1.29 is 9.32 Å². The Balaban J connectivity index is 1.82. The smallest absolute Gasteiger partial charge is 0.273 e. The Kier molecular flexibility index (Phi) is 4.52. The van der Waals surface area contributed by atoms with E-state index in [0.717, 1.165) is 11.1 Å². The van der Waals surface area contributed by atoms with Crippen LogP contribution in [0.2, 0.25) is 0 Å². The topological polar surface area (TPSA) is 55.1 Å². The van der Waals surface area contributed by atoms with Crippen molar-refractivity contribution in [2.45, 2.75) is 19.4 Å². The molecule has 1 amide bonds. The van der Waals surface area contributed by atoms with Crippen LogP contribution in [-0.4, -0.2) is 11.1 Å². The van der Waals surface area contributed by atoms with Gasteiger partial charge in [0.05, 0.1) is 6.04 Å². The van der Waals surface area contributed by atoms with E-state index < -0.39 is 0 Å². The maximum Gasteiger partial charge on any atom is 0.273 e.